The summed E-state index contributed by atoms with van der Waals surface area (Å²) < 4.78 is 1.34. The molecule has 0 radical (unpaired) electrons. The number of halogens is 4. The maximum Gasteiger partial charge on any atom is 0.229 e. The van der Waals surface area contributed by atoms with E-state index in [2.05, 4.69) is 52.8 Å². The Kier molecular flexibility index (Phi) is 3.93. The van der Waals surface area contributed by atoms with Crippen molar-refractivity contribution in [3.05, 3.63) is 20.2 Å². The first kappa shape index (κ1) is 12.8. The lowest BCUT2D eigenvalue weighted by Gasteiger charge is -2.17. The Morgan fingerprint density at radius 3 is 2.75 bits per heavy atom. The average molecular weight is 433 g/mol. The molecule has 7 heteroatoms. The fourth-order valence-electron chi connectivity index (χ4n) is 1.49. The predicted molar refractivity (Wildman–Crippen MR) is 74.3 cm³/mol. The summed E-state index contributed by atoms with van der Waals surface area (Å²) in [5, 5.41) is 0.524. The van der Waals surface area contributed by atoms with Gasteiger partial charge in [-0.15, -0.1) is 0 Å². The smallest absolute Gasteiger partial charge is 0.229 e. The summed E-state index contributed by atoms with van der Waals surface area (Å²) in [5.41, 5.74) is 0. The molecule has 0 bridgehead atoms. The van der Waals surface area contributed by atoms with Crippen LogP contribution in [-0.4, -0.2) is 22.3 Å². The van der Waals surface area contributed by atoms with E-state index < -0.39 is 0 Å². The van der Waals surface area contributed by atoms with Gasteiger partial charge in [0.1, 0.15) is 0 Å². The van der Waals surface area contributed by atoms with E-state index in [-0.39, 0.29) is 10.7 Å². The first-order valence-corrected chi connectivity index (χ1v) is 7.32. The molecule has 1 saturated heterocycles. The molecule has 1 aliphatic rings. The van der Waals surface area contributed by atoms with Crippen molar-refractivity contribution in [2.75, 3.05) is 11.4 Å². The van der Waals surface area contributed by atoms with Gasteiger partial charge in [-0.3, -0.25) is 9.69 Å². The third-order valence-corrected chi connectivity index (χ3v) is 5.05. The molecule has 2 rings (SSSR count). The van der Waals surface area contributed by atoms with E-state index in [0.29, 0.717) is 32.8 Å². The van der Waals surface area contributed by atoms with Crippen LogP contribution in [0.5, 0.6) is 0 Å². The lowest BCUT2D eigenvalue weighted by Crippen LogP contribution is -2.26. The number of hydrogen-bond acceptors (Lipinski definition) is 2. The summed E-state index contributed by atoms with van der Waals surface area (Å²) in [6.07, 6.45) is 2.08. The van der Waals surface area contributed by atoms with E-state index in [1.807, 2.05) is 0 Å². The second kappa shape index (κ2) is 4.92. The van der Waals surface area contributed by atoms with Crippen LogP contribution < -0.4 is 4.90 Å². The van der Waals surface area contributed by atoms with Crippen molar-refractivity contribution in [1.29, 1.82) is 0 Å². The van der Waals surface area contributed by atoms with Crippen LogP contribution in [0.4, 0.5) is 5.82 Å². The molecule has 0 saturated carbocycles. The lowest BCUT2D eigenvalue weighted by molar-refractivity contribution is -0.117. The van der Waals surface area contributed by atoms with Crippen LogP contribution in [0.2, 0.25) is 5.02 Å². The molecule has 16 heavy (non-hydrogen) atoms. The zero-order valence-electron chi connectivity index (χ0n) is 7.88. The van der Waals surface area contributed by atoms with Gasteiger partial charge in [-0.25, -0.2) is 4.98 Å². The Morgan fingerprint density at radius 1 is 1.50 bits per heavy atom. The van der Waals surface area contributed by atoms with Gasteiger partial charge in [-0.1, -0.05) is 27.5 Å². The lowest BCUT2D eigenvalue weighted by atomic mass is 10.4. The van der Waals surface area contributed by atoms with Crippen molar-refractivity contribution >= 4 is 71.1 Å². The van der Waals surface area contributed by atoms with Gasteiger partial charge in [0.15, 0.2) is 5.82 Å². The van der Waals surface area contributed by atoms with Crippen LogP contribution in [0.3, 0.4) is 0 Å². The number of hydrogen-bond donors (Lipinski definition) is 0. The number of amides is 1. The zero-order chi connectivity index (χ0) is 11.9. The normalized spacial score (nSPS) is 20.6. The third-order valence-electron chi connectivity index (χ3n) is 2.23. The van der Waals surface area contributed by atoms with Crippen LogP contribution in [0.1, 0.15) is 6.42 Å². The summed E-state index contributed by atoms with van der Waals surface area (Å²) in [4.78, 5) is 17.7. The molecule has 0 aromatic carbocycles. The molecule has 0 aliphatic carbocycles. The first-order valence-electron chi connectivity index (χ1n) is 4.44. The highest BCUT2D eigenvalue weighted by Crippen LogP contribution is 2.37. The molecule has 1 aromatic rings. The molecule has 2 heterocycles. The Labute approximate surface area is 123 Å². The van der Waals surface area contributed by atoms with Crippen LogP contribution in [0.15, 0.2) is 15.1 Å². The van der Waals surface area contributed by atoms with Crippen molar-refractivity contribution < 1.29 is 4.79 Å². The molecule has 0 N–H and O–H groups in total. The highest BCUT2D eigenvalue weighted by atomic mass is 79.9. The summed E-state index contributed by atoms with van der Waals surface area (Å²) in [7, 11) is 0. The fraction of sp³-hybridized carbons (Fsp3) is 0.333. The molecular weight excluding hydrogens is 427 g/mol. The van der Waals surface area contributed by atoms with Gasteiger partial charge in [0.25, 0.3) is 0 Å². The SMILES string of the molecule is O=C1CC(Br)CN1c1ncc(Br)c(Cl)c1Br. The quantitative estimate of drug-likeness (QED) is 0.632. The standard InChI is InChI=1S/C9H6Br3ClN2O/c10-4-1-6(16)15(3-4)9-7(12)8(13)5(11)2-14-9/h2,4H,1,3H2. The molecule has 1 amide bonds. The molecule has 3 nitrogen and oxygen atoms in total. The van der Waals surface area contributed by atoms with Crippen molar-refractivity contribution in [2.24, 2.45) is 0 Å². The Bertz CT molecular complexity index is 455. The molecule has 1 fully saturated rings. The number of pyridine rings is 1. The van der Waals surface area contributed by atoms with Crippen molar-refractivity contribution in [3.8, 4) is 0 Å². The summed E-state index contributed by atoms with van der Waals surface area (Å²) in [6.45, 7) is 0.613. The zero-order valence-corrected chi connectivity index (χ0v) is 13.4. The van der Waals surface area contributed by atoms with E-state index >= 15 is 0 Å². The van der Waals surface area contributed by atoms with Gasteiger partial charge in [0.2, 0.25) is 5.91 Å². The fourth-order valence-corrected chi connectivity index (χ4v) is 3.29. The van der Waals surface area contributed by atoms with Gasteiger partial charge in [0.05, 0.1) is 14.0 Å². The largest absolute Gasteiger partial charge is 0.295 e. The van der Waals surface area contributed by atoms with Crippen LogP contribution in [0, 0.1) is 0 Å². The third kappa shape index (κ3) is 2.30. The average Bonchev–Trinajstić information content (AvgIpc) is 2.55. The molecule has 1 aromatic heterocycles. The summed E-state index contributed by atoms with van der Waals surface area (Å²) >= 11 is 16.1. The summed E-state index contributed by atoms with van der Waals surface area (Å²) in [6, 6.07) is 0. The summed E-state index contributed by atoms with van der Waals surface area (Å²) in [5.74, 6) is 0.619. The van der Waals surface area contributed by atoms with Gasteiger partial charge in [-0.2, -0.15) is 0 Å². The van der Waals surface area contributed by atoms with Gasteiger partial charge < -0.3 is 0 Å². The van der Waals surface area contributed by atoms with E-state index in [0.717, 1.165) is 0 Å². The van der Waals surface area contributed by atoms with Gasteiger partial charge >= 0.3 is 0 Å². The second-order valence-corrected chi connectivity index (χ2v) is 6.68. The Morgan fingerprint density at radius 2 is 2.19 bits per heavy atom. The first-order chi connectivity index (χ1) is 7.50. The second-order valence-electron chi connectivity index (χ2n) is 3.36. The van der Waals surface area contributed by atoms with Gasteiger partial charge in [-0.05, 0) is 31.9 Å². The highest BCUT2D eigenvalue weighted by molar-refractivity contribution is 9.11. The molecule has 86 valence electrons. The molecule has 1 aliphatic heterocycles. The number of alkyl halides is 1. The maximum absolute atomic E-state index is 11.7. The van der Waals surface area contributed by atoms with Crippen LogP contribution in [0.25, 0.3) is 0 Å². The number of carbonyl (C=O) groups is 1. The number of anilines is 1. The molecule has 1 atom stereocenters. The van der Waals surface area contributed by atoms with Crippen LogP contribution in [-0.2, 0) is 4.79 Å². The number of aromatic nitrogens is 1. The molecule has 1 unspecified atom stereocenters. The van der Waals surface area contributed by atoms with Crippen molar-refractivity contribution in [2.45, 2.75) is 11.2 Å². The topological polar surface area (TPSA) is 33.2 Å². The van der Waals surface area contributed by atoms with E-state index in [1.165, 1.54) is 0 Å². The number of carbonyl (C=O) groups excluding carboxylic acids is 1. The van der Waals surface area contributed by atoms with Gasteiger partial charge in [0, 0.05) is 24.0 Å². The maximum atomic E-state index is 11.7. The minimum absolute atomic E-state index is 0.0495. The number of rotatable bonds is 1. The highest BCUT2D eigenvalue weighted by Gasteiger charge is 2.31. The minimum Gasteiger partial charge on any atom is -0.295 e. The Hall–Kier alpha value is 0.350. The van der Waals surface area contributed by atoms with E-state index in [9.17, 15) is 4.79 Å². The van der Waals surface area contributed by atoms with Crippen LogP contribution >= 0.6 is 59.4 Å². The van der Waals surface area contributed by atoms with E-state index in [4.69, 9.17) is 11.6 Å². The minimum atomic E-state index is 0.0495. The van der Waals surface area contributed by atoms with Crippen molar-refractivity contribution in [3.63, 3.8) is 0 Å². The Balaban J connectivity index is 2.42. The van der Waals surface area contributed by atoms with E-state index in [1.54, 1.807) is 11.1 Å². The molecular formula is C9H6Br3ClN2O. The number of nitrogens with zero attached hydrogens (tertiary/aromatic N) is 2. The monoisotopic (exact) mass is 430 g/mol. The van der Waals surface area contributed by atoms with Crippen molar-refractivity contribution in [1.82, 2.24) is 4.98 Å². The molecule has 0 spiro atoms. The predicted octanol–water partition coefficient (Wildman–Crippen LogP) is 3.76.